The summed E-state index contributed by atoms with van der Waals surface area (Å²) in [6, 6.07) is 0.637. The van der Waals surface area contributed by atoms with Gasteiger partial charge in [0.15, 0.2) is 0 Å². The Balaban J connectivity index is 1.44. The third-order valence-electron chi connectivity index (χ3n) is 5.44. The lowest BCUT2D eigenvalue weighted by Gasteiger charge is -2.30. The van der Waals surface area contributed by atoms with Crippen LogP contribution in [0.1, 0.15) is 71.1 Å². The predicted octanol–water partition coefficient (Wildman–Crippen LogP) is 2.29. The van der Waals surface area contributed by atoms with Gasteiger partial charge in [-0.15, -0.1) is 0 Å². The summed E-state index contributed by atoms with van der Waals surface area (Å²) in [4.78, 5) is 23.8. The molecule has 0 spiro atoms. The smallest absolute Gasteiger partial charge is 0.315 e. The Morgan fingerprint density at radius 2 is 1.80 bits per heavy atom. The molecule has 6 heteroatoms. The summed E-state index contributed by atoms with van der Waals surface area (Å²) in [5.41, 5.74) is 0. The molecule has 1 saturated carbocycles. The highest BCUT2D eigenvalue weighted by Crippen LogP contribution is 2.17. The highest BCUT2D eigenvalue weighted by atomic mass is 16.2. The van der Waals surface area contributed by atoms with Crippen LogP contribution in [0, 0.1) is 5.92 Å². The van der Waals surface area contributed by atoms with Crippen LogP contribution in [-0.2, 0) is 4.79 Å². The first kappa shape index (κ1) is 20.0. The van der Waals surface area contributed by atoms with E-state index in [9.17, 15) is 9.59 Å². The summed E-state index contributed by atoms with van der Waals surface area (Å²) in [6.45, 7) is 4.84. The van der Waals surface area contributed by atoms with Crippen LogP contribution in [0.15, 0.2) is 0 Å². The average Bonchev–Trinajstić information content (AvgIpc) is 2.61. The molecule has 4 N–H and O–H groups in total. The van der Waals surface area contributed by atoms with E-state index in [2.05, 4.69) is 28.2 Å². The molecule has 1 heterocycles. The molecule has 25 heavy (non-hydrogen) atoms. The van der Waals surface area contributed by atoms with Crippen LogP contribution in [0.5, 0.6) is 0 Å². The number of unbranched alkanes of at least 4 members (excludes halogenated alkanes) is 2. The maximum atomic E-state index is 12.0. The SMILES string of the molecule is CC1CNCCC1NC(=O)CCCCCNC(=O)NC1CCCCC1. The third kappa shape index (κ3) is 8.08. The zero-order valence-corrected chi connectivity index (χ0v) is 15.7. The van der Waals surface area contributed by atoms with Crippen molar-refractivity contribution < 1.29 is 9.59 Å². The van der Waals surface area contributed by atoms with Crippen molar-refractivity contribution in [1.29, 1.82) is 0 Å². The van der Waals surface area contributed by atoms with E-state index in [1.807, 2.05) is 0 Å². The molecule has 6 nitrogen and oxygen atoms in total. The van der Waals surface area contributed by atoms with Crippen LogP contribution in [0.2, 0.25) is 0 Å². The van der Waals surface area contributed by atoms with E-state index in [4.69, 9.17) is 0 Å². The van der Waals surface area contributed by atoms with Gasteiger partial charge in [0.1, 0.15) is 0 Å². The fourth-order valence-electron chi connectivity index (χ4n) is 3.78. The summed E-state index contributed by atoms with van der Waals surface area (Å²) in [5, 5.41) is 12.5. The molecule has 2 fully saturated rings. The van der Waals surface area contributed by atoms with Gasteiger partial charge in [-0.3, -0.25) is 4.79 Å². The number of hydrogen-bond donors (Lipinski definition) is 4. The Labute approximate surface area is 152 Å². The van der Waals surface area contributed by atoms with Crippen LogP contribution in [0.3, 0.4) is 0 Å². The number of urea groups is 1. The van der Waals surface area contributed by atoms with Gasteiger partial charge in [-0.25, -0.2) is 4.79 Å². The minimum Gasteiger partial charge on any atom is -0.353 e. The van der Waals surface area contributed by atoms with Crippen molar-refractivity contribution in [2.75, 3.05) is 19.6 Å². The molecule has 1 saturated heterocycles. The number of rotatable bonds is 8. The summed E-state index contributed by atoms with van der Waals surface area (Å²) in [6.07, 6.45) is 10.4. The van der Waals surface area contributed by atoms with Crippen LogP contribution >= 0.6 is 0 Å². The molecule has 0 aromatic carbocycles. The van der Waals surface area contributed by atoms with Crippen molar-refractivity contribution >= 4 is 11.9 Å². The van der Waals surface area contributed by atoms with Gasteiger partial charge < -0.3 is 21.3 Å². The van der Waals surface area contributed by atoms with Gasteiger partial charge in [-0.05, 0) is 51.1 Å². The molecule has 0 bridgehead atoms. The summed E-state index contributed by atoms with van der Waals surface area (Å²) in [5.74, 6) is 0.673. The normalized spacial score (nSPS) is 24.5. The molecule has 0 radical (unpaired) electrons. The molecule has 3 amide bonds. The molecule has 2 aliphatic rings. The van der Waals surface area contributed by atoms with E-state index in [0.717, 1.165) is 51.6 Å². The van der Waals surface area contributed by atoms with Crippen LogP contribution in [0.4, 0.5) is 4.79 Å². The first-order valence-electron chi connectivity index (χ1n) is 10.2. The first-order valence-corrected chi connectivity index (χ1v) is 10.2. The molecule has 0 aromatic rings. The Bertz CT molecular complexity index is 410. The monoisotopic (exact) mass is 352 g/mol. The quantitative estimate of drug-likeness (QED) is 0.506. The van der Waals surface area contributed by atoms with Crippen molar-refractivity contribution in [1.82, 2.24) is 21.3 Å². The molecule has 144 valence electrons. The molecule has 2 atom stereocenters. The lowest BCUT2D eigenvalue weighted by molar-refractivity contribution is -0.122. The zero-order chi connectivity index (χ0) is 17.9. The van der Waals surface area contributed by atoms with E-state index >= 15 is 0 Å². The molecule has 1 aliphatic carbocycles. The van der Waals surface area contributed by atoms with Crippen molar-refractivity contribution in [2.45, 2.75) is 83.2 Å². The Hall–Kier alpha value is -1.30. The number of piperidine rings is 1. The van der Waals surface area contributed by atoms with Crippen molar-refractivity contribution in [3.05, 3.63) is 0 Å². The van der Waals surface area contributed by atoms with Gasteiger partial charge in [0.05, 0.1) is 0 Å². The van der Waals surface area contributed by atoms with Gasteiger partial charge in [0, 0.05) is 25.0 Å². The van der Waals surface area contributed by atoms with Gasteiger partial charge >= 0.3 is 6.03 Å². The van der Waals surface area contributed by atoms with Gasteiger partial charge in [0.25, 0.3) is 0 Å². The van der Waals surface area contributed by atoms with Crippen LogP contribution in [-0.4, -0.2) is 43.7 Å². The number of carbonyl (C=O) groups is 2. The fraction of sp³-hybridized carbons (Fsp3) is 0.895. The number of amides is 3. The summed E-state index contributed by atoms with van der Waals surface area (Å²) in [7, 11) is 0. The lowest BCUT2D eigenvalue weighted by Crippen LogP contribution is -2.48. The average molecular weight is 353 g/mol. The minimum atomic E-state index is -0.0375. The number of hydrogen-bond acceptors (Lipinski definition) is 3. The largest absolute Gasteiger partial charge is 0.353 e. The van der Waals surface area contributed by atoms with Gasteiger partial charge in [-0.1, -0.05) is 32.6 Å². The lowest BCUT2D eigenvalue weighted by atomic mass is 9.95. The van der Waals surface area contributed by atoms with Crippen LogP contribution < -0.4 is 21.3 Å². The van der Waals surface area contributed by atoms with Crippen LogP contribution in [0.25, 0.3) is 0 Å². The number of carbonyl (C=O) groups excluding carboxylic acids is 2. The molecule has 2 rings (SSSR count). The zero-order valence-electron chi connectivity index (χ0n) is 15.7. The maximum absolute atomic E-state index is 12.0. The predicted molar refractivity (Wildman–Crippen MR) is 100 cm³/mol. The van der Waals surface area contributed by atoms with Crippen molar-refractivity contribution in [3.63, 3.8) is 0 Å². The molecule has 1 aliphatic heterocycles. The fourth-order valence-corrected chi connectivity index (χ4v) is 3.78. The molecule has 2 unspecified atom stereocenters. The van der Waals surface area contributed by atoms with Gasteiger partial charge in [0.2, 0.25) is 5.91 Å². The van der Waals surface area contributed by atoms with E-state index < -0.39 is 0 Å². The highest BCUT2D eigenvalue weighted by Gasteiger charge is 2.22. The minimum absolute atomic E-state index is 0.0375. The van der Waals surface area contributed by atoms with Crippen molar-refractivity contribution in [2.24, 2.45) is 5.92 Å². The van der Waals surface area contributed by atoms with E-state index in [0.29, 0.717) is 31.0 Å². The molecular formula is C19H36N4O2. The maximum Gasteiger partial charge on any atom is 0.315 e. The molecule has 0 aromatic heterocycles. The second-order valence-electron chi connectivity index (χ2n) is 7.69. The topological polar surface area (TPSA) is 82.3 Å². The van der Waals surface area contributed by atoms with E-state index in [1.54, 1.807) is 0 Å². The summed E-state index contributed by atoms with van der Waals surface area (Å²) >= 11 is 0. The number of nitrogens with one attached hydrogen (secondary N) is 4. The Morgan fingerprint density at radius 1 is 1.00 bits per heavy atom. The van der Waals surface area contributed by atoms with E-state index in [-0.39, 0.29) is 11.9 Å². The second kappa shape index (κ2) is 11.3. The Kier molecular flexibility index (Phi) is 9.08. The third-order valence-corrected chi connectivity index (χ3v) is 5.44. The van der Waals surface area contributed by atoms with Gasteiger partial charge in [-0.2, -0.15) is 0 Å². The molecular weight excluding hydrogens is 316 g/mol. The highest BCUT2D eigenvalue weighted by molar-refractivity contribution is 5.76. The second-order valence-corrected chi connectivity index (χ2v) is 7.69. The first-order chi connectivity index (χ1) is 12.1. The van der Waals surface area contributed by atoms with Crippen molar-refractivity contribution in [3.8, 4) is 0 Å². The standard InChI is InChI=1S/C19H36N4O2/c1-15-14-20-13-11-17(15)23-18(24)10-6-3-7-12-21-19(25)22-16-8-4-2-5-9-16/h15-17,20H,2-14H2,1H3,(H,23,24)(H2,21,22,25). The summed E-state index contributed by atoms with van der Waals surface area (Å²) < 4.78 is 0. The Morgan fingerprint density at radius 3 is 2.56 bits per heavy atom. The van der Waals surface area contributed by atoms with E-state index in [1.165, 1.54) is 19.3 Å².